The smallest absolute Gasteiger partial charge is 0.336 e. The Morgan fingerprint density at radius 2 is 1.88 bits per heavy atom. The number of aromatic hydroxyl groups is 1. The molecule has 0 radical (unpaired) electrons. The van der Waals surface area contributed by atoms with Crippen LogP contribution < -0.4 is 5.32 Å². The topological polar surface area (TPSA) is 75.6 Å². The van der Waals surface area contributed by atoms with Gasteiger partial charge in [-0.2, -0.15) is 0 Å². The molecule has 1 atom stereocenters. The lowest BCUT2D eigenvalue weighted by Crippen LogP contribution is -2.38. The second-order valence-corrected chi connectivity index (χ2v) is 9.40. The van der Waals surface area contributed by atoms with Crippen molar-refractivity contribution in [2.45, 2.75) is 46.0 Å². The Morgan fingerprint density at radius 1 is 1.12 bits per heavy atom. The lowest BCUT2D eigenvalue weighted by Gasteiger charge is -2.39. The van der Waals surface area contributed by atoms with E-state index in [0.29, 0.717) is 35.2 Å². The van der Waals surface area contributed by atoms with Crippen LogP contribution >= 0.6 is 0 Å². The van der Waals surface area contributed by atoms with E-state index in [0.717, 1.165) is 17.7 Å². The van der Waals surface area contributed by atoms with Gasteiger partial charge in [0.1, 0.15) is 5.75 Å². The standard InChI is InChI=1S/C27H29NO4/c1-17-23(26(31)32-13-12-18-8-5-4-6-9-18)24(19-10-7-11-20(29)14-19)25-21(28-17)15-27(2,3)16-22(25)30/h4-11,14,24,28-29H,12-13,15-16H2,1-3H3. The number of benzene rings is 2. The predicted octanol–water partition coefficient (Wildman–Crippen LogP) is 4.78. The molecule has 1 aliphatic carbocycles. The van der Waals surface area contributed by atoms with Gasteiger partial charge in [0.15, 0.2) is 5.78 Å². The molecule has 166 valence electrons. The number of esters is 1. The molecule has 5 nitrogen and oxygen atoms in total. The summed E-state index contributed by atoms with van der Waals surface area (Å²) in [5.41, 5.74) is 4.23. The van der Waals surface area contributed by atoms with Crippen LogP contribution in [0, 0.1) is 5.41 Å². The van der Waals surface area contributed by atoms with Crippen LogP contribution in [0.15, 0.2) is 77.1 Å². The number of Topliss-reactive ketones (excluding diaryl/α,β-unsaturated/α-hetero) is 1. The van der Waals surface area contributed by atoms with E-state index < -0.39 is 11.9 Å². The minimum atomic E-state index is -0.564. The number of carbonyl (C=O) groups excluding carboxylic acids is 2. The summed E-state index contributed by atoms with van der Waals surface area (Å²) in [6.07, 6.45) is 1.75. The molecule has 0 amide bonds. The van der Waals surface area contributed by atoms with E-state index in [4.69, 9.17) is 4.74 Å². The van der Waals surface area contributed by atoms with E-state index >= 15 is 0 Å². The van der Waals surface area contributed by atoms with E-state index in [1.807, 2.05) is 43.3 Å². The Balaban J connectivity index is 1.67. The van der Waals surface area contributed by atoms with Gasteiger partial charge in [-0.05, 0) is 42.0 Å². The van der Waals surface area contributed by atoms with Gasteiger partial charge in [0.25, 0.3) is 0 Å². The first-order valence-electron chi connectivity index (χ1n) is 11.0. The highest BCUT2D eigenvalue weighted by Gasteiger charge is 2.43. The molecular weight excluding hydrogens is 402 g/mol. The molecule has 1 aliphatic heterocycles. The molecule has 0 spiro atoms. The molecule has 2 N–H and O–H groups in total. The zero-order valence-corrected chi connectivity index (χ0v) is 18.8. The van der Waals surface area contributed by atoms with Crippen molar-refractivity contribution in [2.24, 2.45) is 5.41 Å². The number of hydrogen-bond donors (Lipinski definition) is 2. The van der Waals surface area contributed by atoms with Crippen LogP contribution in [-0.2, 0) is 20.7 Å². The third kappa shape index (κ3) is 4.47. The first kappa shape index (κ1) is 21.9. The maximum absolute atomic E-state index is 13.3. The van der Waals surface area contributed by atoms with Crippen molar-refractivity contribution in [2.75, 3.05) is 6.61 Å². The van der Waals surface area contributed by atoms with E-state index in [2.05, 4.69) is 19.2 Å². The Morgan fingerprint density at radius 3 is 2.59 bits per heavy atom. The predicted molar refractivity (Wildman–Crippen MR) is 123 cm³/mol. The van der Waals surface area contributed by atoms with Crippen LogP contribution in [0.4, 0.5) is 0 Å². The highest BCUT2D eigenvalue weighted by molar-refractivity contribution is 6.04. The first-order valence-corrected chi connectivity index (χ1v) is 11.0. The van der Waals surface area contributed by atoms with Crippen LogP contribution in [0.2, 0.25) is 0 Å². The summed E-state index contributed by atoms with van der Waals surface area (Å²) in [5, 5.41) is 13.4. The molecular formula is C27H29NO4. The van der Waals surface area contributed by atoms with E-state index in [9.17, 15) is 14.7 Å². The van der Waals surface area contributed by atoms with Crippen molar-refractivity contribution in [3.8, 4) is 5.75 Å². The summed E-state index contributed by atoms with van der Waals surface area (Å²) in [6, 6.07) is 16.6. The second-order valence-electron chi connectivity index (χ2n) is 9.40. The van der Waals surface area contributed by atoms with Crippen LogP contribution in [0.25, 0.3) is 0 Å². The van der Waals surface area contributed by atoms with Crippen LogP contribution in [0.5, 0.6) is 5.75 Å². The maximum Gasteiger partial charge on any atom is 0.336 e. The van der Waals surface area contributed by atoms with Gasteiger partial charge in [-0.25, -0.2) is 4.79 Å². The zero-order valence-electron chi connectivity index (χ0n) is 18.8. The zero-order chi connectivity index (χ0) is 22.9. The number of nitrogens with one attached hydrogen (secondary N) is 1. The number of ketones is 1. The van der Waals surface area contributed by atoms with Gasteiger partial charge in [-0.15, -0.1) is 0 Å². The van der Waals surface area contributed by atoms with E-state index in [-0.39, 0.29) is 23.6 Å². The van der Waals surface area contributed by atoms with Gasteiger partial charge in [0, 0.05) is 35.7 Å². The molecule has 0 aromatic heterocycles. The minimum Gasteiger partial charge on any atom is -0.508 e. The summed E-state index contributed by atoms with van der Waals surface area (Å²) < 4.78 is 5.66. The molecule has 32 heavy (non-hydrogen) atoms. The largest absolute Gasteiger partial charge is 0.508 e. The minimum absolute atomic E-state index is 0.0270. The summed E-state index contributed by atoms with van der Waals surface area (Å²) >= 11 is 0. The number of allylic oxidation sites excluding steroid dienone is 3. The van der Waals surface area contributed by atoms with Crippen molar-refractivity contribution in [1.29, 1.82) is 0 Å². The number of ether oxygens (including phenoxy) is 1. The lowest BCUT2D eigenvalue weighted by molar-refractivity contribution is -0.139. The number of carbonyl (C=O) groups is 2. The monoisotopic (exact) mass is 431 g/mol. The average Bonchev–Trinajstić information content (AvgIpc) is 2.72. The third-order valence-corrected chi connectivity index (χ3v) is 6.13. The molecule has 2 aromatic carbocycles. The molecule has 1 heterocycles. The maximum atomic E-state index is 13.3. The first-order chi connectivity index (χ1) is 15.2. The van der Waals surface area contributed by atoms with Gasteiger partial charge in [0.05, 0.1) is 12.2 Å². The Hall–Kier alpha value is -3.34. The van der Waals surface area contributed by atoms with Crippen LogP contribution in [-0.4, -0.2) is 23.5 Å². The van der Waals surface area contributed by atoms with Crippen molar-refractivity contribution in [3.63, 3.8) is 0 Å². The molecule has 4 rings (SSSR count). The quantitative estimate of drug-likeness (QED) is 0.666. The Kier molecular flexibility index (Phi) is 5.92. The van der Waals surface area contributed by atoms with Crippen molar-refractivity contribution in [3.05, 3.63) is 88.3 Å². The Bertz CT molecular complexity index is 1110. The fourth-order valence-corrected chi connectivity index (χ4v) is 4.73. The highest BCUT2D eigenvalue weighted by atomic mass is 16.5. The van der Waals surface area contributed by atoms with Crippen LogP contribution in [0.1, 0.15) is 50.7 Å². The van der Waals surface area contributed by atoms with Crippen LogP contribution in [0.3, 0.4) is 0 Å². The molecule has 0 bridgehead atoms. The van der Waals surface area contributed by atoms with E-state index in [1.165, 1.54) is 0 Å². The van der Waals surface area contributed by atoms with Gasteiger partial charge < -0.3 is 15.2 Å². The van der Waals surface area contributed by atoms with Crippen molar-refractivity contribution < 1.29 is 19.4 Å². The van der Waals surface area contributed by atoms with Gasteiger partial charge in [-0.1, -0.05) is 56.3 Å². The number of hydrogen-bond acceptors (Lipinski definition) is 5. The number of phenolic OH excluding ortho intramolecular Hbond substituents is 1. The summed E-state index contributed by atoms with van der Waals surface area (Å²) in [6.45, 7) is 6.25. The Labute approximate surface area is 188 Å². The molecule has 0 fully saturated rings. The third-order valence-electron chi connectivity index (χ3n) is 6.13. The molecule has 2 aromatic rings. The molecule has 1 unspecified atom stereocenters. The fraction of sp³-hybridized carbons (Fsp3) is 0.333. The van der Waals surface area contributed by atoms with Crippen molar-refractivity contribution in [1.82, 2.24) is 5.32 Å². The molecule has 2 aliphatic rings. The summed E-state index contributed by atoms with van der Waals surface area (Å²) in [4.78, 5) is 26.5. The molecule has 5 heteroatoms. The van der Waals surface area contributed by atoms with Crippen molar-refractivity contribution >= 4 is 11.8 Å². The van der Waals surface area contributed by atoms with Gasteiger partial charge in [0.2, 0.25) is 0 Å². The number of dihydropyridines is 1. The summed E-state index contributed by atoms with van der Waals surface area (Å²) in [7, 11) is 0. The average molecular weight is 432 g/mol. The summed E-state index contributed by atoms with van der Waals surface area (Å²) in [5.74, 6) is -0.880. The molecule has 0 saturated carbocycles. The normalized spacial score (nSPS) is 20.0. The SMILES string of the molecule is CC1=C(C(=O)OCCc2ccccc2)C(c2cccc(O)c2)C2=C(CC(C)(C)CC2=O)N1. The van der Waals surface area contributed by atoms with E-state index in [1.54, 1.807) is 18.2 Å². The van der Waals surface area contributed by atoms with Gasteiger partial charge in [-0.3, -0.25) is 4.79 Å². The number of phenols is 1. The highest BCUT2D eigenvalue weighted by Crippen LogP contribution is 2.47. The fourth-order valence-electron chi connectivity index (χ4n) is 4.73. The molecule has 0 saturated heterocycles. The number of rotatable bonds is 5. The lowest BCUT2D eigenvalue weighted by atomic mass is 9.68. The second kappa shape index (κ2) is 8.65. The van der Waals surface area contributed by atoms with Gasteiger partial charge >= 0.3 is 5.97 Å².